The van der Waals surface area contributed by atoms with Gasteiger partial charge in [0, 0.05) is 22.7 Å². The molecule has 0 spiro atoms. The first-order chi connectivity index (χ1) is 11.5. The number of carbonyl (C=O) groups is 1. The molecule has 0 atom stereocenters. The molecule has 0 aliphatic rings. The van der Waals surface area contributed by atoms with Crippen LogP contribution in [-0.4, -0.2) is 21.8 Å². The summed E-state index contributed by atoms with van der Waals surface area (Å²) in [4.78, 5) is 20.7. The quantitative estimate of drug-likeness (QED) is 0.682. The molecule has 2 aromatic carbocycles. The number of hydrogen-bond donors (Lipinski definition) is 2. The Bertz CT molecular complexity index is 889. The zero-order valence-electron chi connectivity index (χ0n) is 14.0. The maximum absolute atomic E-state index is 11.5. The Morgan fingerprint density at radius 1 is 1.04 bits per heavy atom. The number of fused-ring (bicyclic) bond motifs is 1. The number of nitrogens with one attached hydrogen (secondary N) is 2. The highest BCUT2D eigenvalue weighted by atomic mass is 16.1. The molecule has 5 nitrogen and oxygen atoms in total. The SMILES string of the molecule is CC(=O)c1cccc(Nc2nc(NC(C)C)c3ccccc3n2)c1. The molecule has 24 heavy (non-hydrogen) atoms. The minimum absolute atomic E-state index is 0.0280. The molecule has 0 unspecified atom stereocenters. The van der Waals surface area contributed by atoms with E-state index in [-0.39, 0.29) is 11.8 Å². The fraction of sp³-hybridized carbons (Fsp3) is 0.211. The summed E-state index contributed by atoms with van der Waals surface area (Å²) >= 11 is 0. The lowest BCUT2D eigenvalue weighted by Crippen LogP contribution is -2.12. The van der Waals surface area contributed by atoms with Gasteiger partial charge in [-0.1, -0.05) is 24.3 Å². The molecule has 0 radical (unpaired) electrons. The van der Waals surface area contributed by atoms with E-state index in [1.54, 1.807) is 19.1 Å². The van der Waals surface area contributed by atoms with Crippen molar-refractivity contribution >= 4 is 34.1 Å². The van der Waals surface area contributed by atoms with E-state index >= 15 is 0 Å². The van der Waals surface area contributed by atoms with Gasteiger partial charge in [0.15, 0.2) is 5.78 Å². The summed E-state index contributed by atoms with van der Waals surface area (Å²) in [5.41, 5.74) is 2.30. The molecule has 3 rings (SSSR count). The van der Waals surface area contributed by atoms with Crippen molar-refractivity contribution in [1.29, 1.82) is 0 Å². The van der Waals surface area contributed by atoms with Crippen LogP contribution in [0.4, 0.5) is 17.5 Å². The average molecular weight is 320 g/mol. The van der Waals surface area contributed by atoms with Crippen LogP contribution in [0.5, 0.6) is 0 Å². The predicted octanol–water partition coefficient (Wildman–Crippen LogP) is 4.40. The smallest absolute Gasteiger partial charge is 0.229 e. The fourth-order valence-electron chi connectivity index (χ4n) is 2.46. The summed E-state index contributed by atoms with van der Waals surface area (Å²) in [5.74, 6) is 1.32. The highest BCUT2D eigenvalue weighted by molar-refractivity contribution is 5.95. The highest BCUT2D eigenvalue weighted by Gasteiger charge is 2.09. The van der Waals surface area contributed by atoms with Gasteiger partial charge in [-0.3, -0.25) is 4.79 Å². The van der Waals surface area contributed by atoms with E-state index in [4.69, 9.17) is 0 Å². The molecule has 122 valence electrons. The van der Waals surface area contributed by atoms with Crippen molar-refractivity contribution in [3.05, 3.63) is 54.1 Å². The second-order valence-corrected chi connectivity index (χ2v) is 5.97. The number of nitrogens with zero attached hydrogens (tertiary/aromatic N) is 2. The molecule has 2 N–H and O–H groups in total. The van der Waals surface area contributed by atoms with Crippen LogP contribution < -0.4 is 10.6 Å². The standard InChI is InChI=1S/C19H20N4O/c1-12(2)20-18-16-9-4-5-10-17(16)22-19(23-18)21-15-8-6-7-14(11-15)13(3)24/h4-12H,1-3H3,(H2,20,21,22,23). The van der Waals surface area contributed by atoms with Crippen LogP contribution in [0, 0.1) is 0 Å². The Hall–Kier alpha value is -2.95. The van der Waals surface area contributed by atoms with Gasteiger partial charge < -0.3 is 10.6 Å². The van der Waals surface area contributed by atoms with Crippen LogP contribution in [0.2, 0.25) is 0 Å². The lowest BCUT2D eigenvalue weighted by atomic mass is 10.1. The molecule has 5 heteroatoms. The third kappa shape index (κ3) is 3.51. The summed E-state index contributed by atoms with van der Waals surface area (Å²) in [5, 5.41) is 7.53. The minimum atomic E-state index is 0.0280. The number of Topliss-reactive ketones (excluding diaryl/α,β-unsaturated/α-hetero) is 1. The van der Waals surface area contributed by atoms with Crippen molar-refractivity contribution in [2.24, 2.45) is 0 Å². The molecule has 0 bridgehead atoms. The van der Waals surface area contributed by atoms with E-state index in [2.05, 4.69) is 34.4 Å². The molecule has 0 aliphatic carbocycles. The van der Waals surface area contributed by atoms with Crippen LogP contribution >= 0.6 is 0 Å². The lowest BCUT2D eigenvalue weighted by molar-refractivity contribution is 0.101. The van der Waals surface area contributed by atoms with Crippen molar-refractivity contribution in [1.82, 2.24) is 9.97 Å². The van der Waals surface area contributed by atoms with Gasteiger partial charge in [0.1, 0.15) is 5.82 Å². The van der Waals surface area contributed by atoms with E-state index in [0.717, 1.165) is 22.4 Å². The van der Waals surface area contributed by atoms with Gasteiger partial charge in [0.2, 0.25) is 5.95 Å². The number of rotatable bonds is 5. The number of para-hydroxylation sites is 1. The van der Waals surface area contributed by atoms with Gasteiger partial charge >= 0.3 is 0 Å². The Morgan fingerprint density at radius 2 is 1.83 bits per heavy atom. The second kappa shape index (κ2) is 6.66. The maximum Gasteiger partial charge on any atom is 0.229 e. The molecule has 0 fully saturated rings. The van der Waals surface area contributed by atoms with Gasteiger partial charge in [0.25, 0.3) is 0 Å². The van der Waals surface area contributed by atoms with Crippen molar-refractivity contribution < 1.29 is 4.79 Å². The zero-order chi connectivity index (χ0) is 17.1. The largest absolute Gasteiger partial charge is 0.367 e. The van der Waals surface area contributed by atoms with Gasteiger partial charge in [-0.25, -0.2) is 4.98 Å². The van der Waals surface area contributed by atoms with E-state index in [0.29, 0.717) is 11.5 Å². The van der Waals surface area contributed by atoms with Crippen LogP contribution in [0.3, 0.4) is 0 Å². The molecule has 1 heterocycles. The molecule has 0 saturated carbocycles. The van der Waals surface area contributed by atoms with Gasteiger partial charge in [-0.2, -0.15) is 4.98 Å². The average Bonchev–Trinajstić information content (AvgIpc) is 2.54. The Kier molecular flexibility index (Phi) is 4.42. The summed E-state index contributed by atoms with van der Waals surface area (Å²) in [6.45, 7) is 5.69. The second-order valence-electron chi connectivity index (χ2n) is 5.97. The van der Waals surface area contributed by atoms with E-state index < -0.39 is 0 Å². The lowest BCUT2D eigenvalue weighted by Gasteiger charge is -2.14. The molecule has 3 aromatic rings. The van der Waals surface area contributed by atoms with Crippen LogP contribution in [-0.2, 0) is 0 Å². The van der Waals surface area contributed by atoms with E-state index in [9.17, 15) is 4.79 Å². The highest BCUT2D eigenvalue weighted by Crippen LogP contribution is 2.24. The Labute approximate surface area is 141 Å². The third-order valence-corrected chi connectivity index (χ3v) is 3.55. The van der Waals surface area contributed by atoms with Crippen molar-refractivity contribution in [3.63, 3.8) is 0 Å². The number of ketones is 1. The molecule has 0 amide bonds. The normalized spacial score (nSPS) is 10.8. The molecule has 0 aliphatic heterocycles. The van der Waals surface area contributed by atoms with Crippen LogP contribution in [0.15, 0.2) is 48.5 Å². The first-order valence-electron chi connectivity index (χ1n) is 7.94. The molecule has 0 saturated heterocycles. The van der Waals surface area contributed by atoms with Gasteiger partial charge in [0.05, 0.1) is 5.52 Å². The van der Waals surface area contributed by atoms with E-state index in [1.807, 2.05) is 36.4 Å². The molecular formula is C19H20N4O. The number of anilines is 3. The Balaban J connectivity index is 2.00. The number of carbonyl (C=O) groups excluding carboxylic acids is 1. The monoisotopic (exact) mass is 320 g/mol. The van der Waals surface area contributed by atoms with Crippen LogP contribution in [0.1, 0.15) is 31.1 Å². The molecular weight excluding hydrogens is 300 g/mol. The van der Waals surface area contributed by atoms with Gasteiger partial charge in [-0.05, 0) is 45.0 Å². The van der Waals surface area contributed by atoms with Crippen molar-refractivity contribution in [2.75, 3.05) is 10.6 Å². The summed E-state index contributed by atoms with van der Waals surface area (Å²) in [6.07, 6.45) is 0. The number of benzene rings is 2. The third-order valence-electron chi connectivity index (χ3n) is 3.55. The predicted molar refractivity (Wildman–Crippen MR) is 98.0 cm³/mol. The van der Waals surface area contributed by atoms with Gasteiger partial charge in [-0.15, -0.1) is 0 Å². The first-order valence-corrected chi connectivity index (χ1v) is 7.94. The van der Waals surface area contributed by atoms with Crippen molar-refractivity contribution in [2.45, 2.75) is 26.8 Å². The topological polar surface area (TPSA) is 66.9 Å². The first kappa shape index (κ1) is 15.9. The fourth-order valence-corrected chi connectivity index (χ4v) is 2.46. The summed E-state index contributed by atoms with van der Waals surface area (Å²) in [6, 6.07) is 15.5. The summed E-state index contributed by atoms with van der Waals surface area (Å²) < 4.78 is 0. The summed E-state index contributed by atoms with van der Waals surface area (Å²) in [7, 11) is 0. The van der Waals surface area contributed by atoms with E-state index in [1.165, 1.54) is 0 Å². The minimum Gasteiger partial charge on any atom is -0.367 e. The number of hydrogen-bond acceptors (Lipinski definition) is 5. The van der Waals surface area contributed by atoms with Crippen LogP contribution in [0.25, 0.3) is 10.9 Å². The number of aromatic nitrogens is 2. The Morgan fingerprint density at radius 3 is 2.58 bits per heavy atom. The van der Waals surface area contributed by atoms with Crippen molar-refractivity contribution in [3.8, 4) is 0 Å². The molecule has 1 aromatic heterocycles. The maximum atomic E-state index is 11.5. The zero-order valence-corrected chi connectivity index (χ0v) is 14.0.